The molecule has 0 aliphatic heterocycles. The van der Waals surface area contributed by atoms with Crippen LogP contribution in [0.3, 0.4) is 0 Å². The predicted molar refractivity (Wildman–Crippen MR) is 103 cm³/mol. The lowest BCUT2D eigenvalue weighted by Crippen LogP contribution is -2.36. The Morgan fingerprint density at radius 1 is 0.963 bits per heavy atom. The van der Waals surface area contributed by atoms with Crippen LogP contribution in [0.25, 0.3) is 10.9 Å². The first-order valence-electron chi connectivity index (χ1n) is 9.08. The summed E-state index contributed by atoms with van der Waals surface area (Å²) in [6, 6.07) is 10.5. The van der Waals surface area contributed by atoms with Gasteiger partial charge in [0.2, 0.25) is 0 Å². The number of fused-ring (bicyclic) bond motifs is 3. The zero-order valence-corrected chi connectivity index (χ0v) is 15.7. The lowest BCUT2D eigenvalue weighted by atomic mass is 9.83. The minimum Gasteiger partial charge on any atom is -0.378 e. The van der Waals surface area contributed by atoms with Crippen LogP contribution in [-0.4, -0.2) is 41.7 Å². The molecule has 2 aromatic carbocycles. The maximum absolute atomic E-state index is 13.0. The van der Waals surface area contributed by atoms with E-state index >= 15 is 0 Å². The topological polar surface area (TPSA) is 64.4 Å². The summed E-state index contributed by atoms with van der Waals surface area (Å²) in [5.74, 6) is -0.256. The highest BCUT2D eigenvalue weighted by Crippen LogP contribution is 2.31. The third kappa shape index (κ3) is 2.56. The maximum Gasteiger partial charge on any atom is 0.194 e. The molecule has 0 saturated carbocycles. The summed E-state index contributed by atoms with van der Waals surface area (Å²) in [6.45, 7) is 6.04. The number of methoxy groups -OCH3 is 1. The van der Waals surface area contributed by atoms with E-state index in [0.717, 1.165) is 24.2 Å². The lowest BCUT2D eigenvalue weighted by molar-refractivity contribution is 0.0979. The van der Waals surface area contributed by atoms with Gasteiger partial charge < -0.3 is 4.74 Å². The average Bonchev–Trinajstić information content (AvgIpc) is 3.04. The van der Waals surface area contributed by atoms with Crippen molar-refractivity contribution >= 4 is 22.5 Å². The van der Waals surface area contributed by atoms with Crippen LogP contribution >= 0.6 is 0 Å². The van der Waals surface area contributed by atoms with Crippen LogP contribution in [0.1, 0.15) is 51.4 Å². The number of hydrogen-bond donors (Lipinski definition) is 0. The molecule has 1 heterocycles. The molecule has 1 aliphatic rings. The van der Waals surface area contributed by atoms with Crippen molar-refractivity contribution in [1.29, 1.82) is 0 Å². The predicted octanol–water partition coefficient (Wildman–Crippen LogP) is 2.94. The van der Waals surface area contributed by atoms with Gasteiger partial charge in [0, 0.05) is 47.8 Å². The van der Waals surface area contributed by atoms with Crippen LogP contribution in [0.4, 0.5) is 0 Å². The second-order valence-electron chi connectivity index (χ2n) is 6.53. The molecule has 3 aromatic rings. The van der Waals surface area contributed by atoms with Crippen molar-refractivity contribution in [3.05, 3.63) is 64.3 Å². The first-order valence-corrected chi connectivity index (χ1v) is 9.08. The Balaban J connectivity index is 1.97. The first kappa shape index (κ1) is 17.4. The van der Waals surface area contributed by atoms with Crippen molar-refractivity contribution in [2.45, 2.75) is 20.5 Å². The van der Waals surface area contributed by atoms with Crippen LogP contribution in [-0.2, 0) is 11.3 Å². The molecule has 0 spiro atoms. The summed E-state index contributed by atoms with van der Waals surface area (Å²) < 4.78 is 5.38. The summed E-state index contributed by atoms with van der Waals surface area (Å²) in [5, 5.41) is 7.61. The molecule has 6 heteroatoms. The molecule has 1 aliphatic carbocycles. The van der Waals surface area contributed by atoms with Gasteiger partial charge in [-0.3, -0.25) is 14.6 Å². The highest BCUT2D eigenvalue weighted by molar-refractivity contribution is 6.29. The molecule has 27 heavy (non-hydrogen) atoms. The normalized spacial score (nSPS) is 13.0. The number of hydrogen-bond acceptors (Lipinski definition) is 5. The molecular weight excluding hydrogens is 342 g/mol. The number of aromatic nitrogens is 2. The summed E-state index contributed by atoms with van der Waals surface area (Å²) in [4.78, 5) is 27.8. The molecular formula is C21H21N3O3. The minimum absolute atomic E-state index is 0.124. The Morgan fingerprint density at radius 2 is 1.56 bits per heavy atom. The standard InChI is InChI=1S/C21H21N3O3/c1-4-23(5-2)24-19(12-27-3)17-10-15-16(11-18(17)22-24)21(26)14-9-7-6-8-13(14)20(15)25/h6-11H,4-5,12H2,1-3H3. The smallest absolute Gasteiger partial charge is 0.194 e. The molecule has 1 aromatic heterocycles. The molecule has 0 saturated heterocycles. The van der Waals surface area contributed by atoms with Gasteiger partial charge in [0.15, 0.2) is 11.6 Å². The number of carbonyl (C=O) groups is 2. The number of rotatable bonds is 5. The third-order valence-electron chi connectivity index (χ3n) is 5.08. The van der Waals surface area contributed by atoms with E-state index in [1.807, 2.05) is 4.79 Å². The molecule has 0 fully saturated rings. The van der Waals surface area contributed by atoms with Crippen LogP contribution in [0, 0.1) is 0 Å². The van der Waals surface area contributed by atoms with E-state index in [4.69, 9.17) is 9.84 Å². The van der Waals surface area contributed by atoms with Crippen molar-refractivity contribution in [3.8, 4) is 0 Å². The monoisotopic (exact) mass is 363 g/mol. The van der Waals surface area contributed by atoms with Gasteiger partial charge in [-0.25, -0.2) is 0 Å². The van der Waals surface area contributed by atoms with Crippen LogP contribution in [0.15, 0.2) is 36.4 Å². The van der Waals surface area contributed by atoms with Gasteiger partial charge in [0.25, 0.3) is 0 Å². The van der Waals surface area contributed by atoms with Crippen LogP contribution < -0.4 is 5.01 Å². The zero-order chi connectivity index (χ0) is 19.1. The number of nitrogens with zero attached hydrogens (tertiary/aromatic N) is 3. The Kier molecular flexibility index (Phi) is 4.28. The number of benzene rings is 2. The molecule has 0 radical (unpaired) electrons. The van der Waals surface area contributed by atoms with Gasteiger partial charge in [0.05, 0.1) is 17.8 Å². The Labute approximate surface area is 157 Å². The summed E-state index contributed by atoms with van der Waals surface area (Å²) in [5.41, 5.74) is 3.32. The van der Waals surface area contributed by atoms with E-state index in [9.17, 15) is 9.59 Å². The van der Waals surface area contributed by atoms with E-state index in [0.29, 0.717) is 34.4 Å². The summed E-state index contributed by atoms with van der Waals surface area (Å²) >= 11 is 0. The molecule has 4 rings (SSSR count). The molecule has 6 nitrogen and oxygen atoms in total. The van der Waals surface area contributed by atoms with E-state index in [-0.39, 0.29) is 11.6 Å². The Hall–Kier alpha value is -2.99. The average molecular weight is 363 g/mol. The molecule has 0 unspecified atom stereocenters. The van der Waals surface area contributed by atoms with E-state index in [1.165, 1.54) is 0 Å². The SMILES string of the molecule is CCN(CC)n1nc2cc3c(cc2c1COC)C(=O)c1ccccc1C3=O. The second-order valence-corrected chi connectivity index (χ2v) is 6.53. The van der Waals surface area contributed by atoms with E-state index in [2.05, 4.69) is 18.9 Å². The number of ketones is 2. The van der Waals surface area contributed by atoms with Crippen molar-refractivity contribution in [2.75, 3.05) is 25.2 Å². The third-order valence-corrected chi connectivity index (χ3v) is 5.08. The first-order chi connectivity index (χ1) is 13.1. The van der Waals surface area contributed by atoms with Crippen LogP contribution in [0.5, 0.6) is 0 Å². The zero-order valence-electron chi connectivity index (χ0n) is 15.7. The molecule has 0 atom stereocenters. The fraction of sp³-hybridized carbons (Fsp3) is 0.286. The van der Waals surface area contributed by atoms with E-state index in [1.54, 1.807) is 43.5 Å². The maximum atomic E-state index is 13.0. The van der Waals surface area contributed by atoms with Crippen molar-refractivity contribution in [3.63, 3.8) is 0 Å². The van der Waals surface area contributed by atoms with Crippen molar-refractivity contribution in [2.24, 2.45) is 0 Å². The molecule has 0 amide bonds. The summed E-state index contributed by atoms with van der Waals surface area (Å²) in [7, 11) is 1.63. The van der Waals surface area contributed by atoms with Gasteiger partial charge in [-0.05, 0) is 26.0 Å². The Bertz CT molecular complexity index is 1060. The minimum atomic E-state index is -0.132. The second kappa shape index (κ2) is 6.63. The van der Waals surface area contributed by atoms with Crippen molar-refractivity contribution in [1.82, 2.24) is 9.89 Å². The fourth-order valence-electron chi connectivity index (χ4n) is 3.71. The molecule has 0 N–H and O–H groups in total. The number of carbonyl (C=O) groups excluding carboxylic acids is 2. The van der Waals surface area contributed by atoms with Crippen LogP contribution in [0.2, 0.25) is 0 Å². The summed E-state index contributed by atoms with van der Waals surface area (Å²) in [6.07, 6.45) is 0. The number of ether oxygens (including phenoxy) is 1. The highest BCUT2D eigenvalue weighted by Gasteiger charge is 2.31. The van der Waals surface area contributed by atoms with Gasteiger partial charge in [0.1, 0.15) is 0 Å². The van der Waals surface area contributed by atoms with E-state index < -0.39 is 0 Å². The quantitative estimate of drug-likeness (QED) is 0.545. The Morgan fingerprint density at radius 3 is 2.11 bits per heavy atom. The fourth-order valence-corrected chi connectivity index (χ4v) is 3.71. The van der Waals surface area contributed by atoms with Gasteiger partial charge in [-0.2, -0.15) is 9.89 Å². The van der Waals surface area contributed by atoms with Crippen molar-refractivity contribution < 1.29 is 14.3 Å². The van der Waals surface area contributed by atoms with Gasteiger partial charge in [-0.1, -0.05) is 24.3 Å². The van der Waals surface area contributed by atoms with Gasteiger partial charge >= 0.3 is 0 Å². The molecule has 138 valence electrons. The highest BCUT2D eigenvalue weighted by atomic mass is 16.5. The van der Waals surface area contributed by atoms with Gasteiger partial charge in [-0.15, -0.1) is 0 Å². The molecule has 0 bridgehead atoms. The largest absolute Gasteiger partial charge is 0.378 e. The lowest BCUT2D eigenvalue weighted by Gasteiger charge is -2.23.